The van der Waals surface area contributed by atoms with Crippen LogP contribution in [0, 0.1) is 22.2 Å². The predicted molar refractivity (Wildman–Crippen MR) is 110 cm³/mol. The van der Waals surface area contributed by atoms with E-state index in [2.05, 4.69) is 0 Å². The van der Waals surface area contributed by atoms with Crippen LogP contribution in [0.3, 0.4) is 0 Å². The zero-order valence-electron chi connectivity index (χ0n) is 19.3. The lowest BCUT2D eigenvalue weighted by Crippen LogP contribution is -2.75. The van der Waals surface area contributed by atoms with Gasteiger partial charge in [-0.25, -0.2) is 0 Å². The van der Waals surface area contributed by atoms with Gasteiger partial charge < -0.3 is 14.2 Å². The number of hydrogen-bond donors (Lipinski definition) is 0. The lowest BCUT2D eigenvalue weighted by molar-refractivity contribution is -0.195. The van der Waals surface area contributed by atoms with Gasteiger partial charge in [0.2, 0.25) is 0 Å². The minimum absolute atomic E-state index is 0.0863. The SMILES string of the molecule is CC1=C2CC(=O)OC(C)(C)C2=CC[C@@]2(C)[C@H]1C[C@@]1(C)C(=O)[C@@]3(C)O[C@]14COC(=O)[C@@]42C3=O. The number of fused-ring (bicyclic) bond motifs is 3. The molecule has 6 rings (SSSR count). The molecule has 0 aromatic rings. The van der Waals surface area contributed by atoms with E-state index in [1.54, 1.807) is 0 Å². The van der Waals surface area contributed by atoms with Crippen LogP contribution < -0.4 is 0 Å². The third kappa shape index (κ3) is 1.61. The van der Waals surface area contributed by atoms with Gasteiger partial charge in [0, 0.05) is 5.41 Å². The molecular formula is C25H28O7. The van der Waals surface area contributed by atoms with Gasteiger partial charge >= 0.3 is 11.9 Å². The van der Waals surface area contributed by atoms with Crippen molar-refractivity contribution in [3.05, 3.63) is 22.8 Å². The van der Waals surface area contributed by atoms with E-state index in [1.807, 2.05) is 40.7 Å². The molecule has 0 N–H and O–H groups in total. The largest absolute Gasteiger partial charge is 0.462 e. The minimum Gasteiger partial charge on any atom is -0.462 e. The van der Waals surface area contributed by atoms with Crippen LogP contribution in [-0.2, 0) is 33.4 Å². The highest BCUT2D eigenvalue weighted by Gasteiger charge is 2.96. The highest BCUT2D eigenvalue weighted by Crippen LogP contribution is 2.80. The van der Waals surface area contributed by atoms with Gasteiger partial charge in [0.1, 0.15) is 17.8 Å². The fourth-order valence-electron chi connectivity index (χ4n) is 8.48. The van der Waals surface area contributed by atoms with Crippen molar-refractivity contribution in [3.63, 3.8) is 0 Å². The van der Waals surface area contributed by atoms with Gasteiger partial charge in [-0.05, 0) is 64.5 Å². The van der Waals surface area contributed by atoms with Crippen molar-refractivity contribution in [1.82, 2.24) is 0 Å². The molecule has 0 amide bonds. The molecule has 170 valence electrons. The molecular weight excluding hydrogens is 412 g/mol. The summed E-state index contributed by atoms with van der Waals surface area (Å²) < 4.78 is 17.6. The maximum Gasteiger partial charge on any atom is 0.323 e. The van der Waals surface area contributed by atoms with Crippen LogP contribution in [0.2, 0.25) is 0 Å². The van der Waals surface area contributed by atoms with E-state index >= 15 is 0 Å². The Hall–Kier alpha value is -2.28. The number of carbonyl (C=O) groups excluding carboxylic acids is 4. The maximum absolute atomic E-state index is 14.1. The Bertz CT molecular complexity index is 1140. The summed E-state index contributed by atoms with van der Waals surface area (Å²) in [6.45, 7) is 10.9. The number of esters is 2. The molecule has 2 bridgehead atoms. The average molecular weight is 440 g/mol. The van der Waals surface area contributed by atoms with Crippen LogP contribution in [0.15, 0.2) is 22.8 Å². The normalized spacial score (nSPS) is 50.3. The van der Waals surface area contributed by atoms with Crippen LogP contribution in [0.4, 0.5) is 0 Å². The van der Waals surface area contributed by atoms with Crippen molar-refractivity contribution in [1.29, 1.82) is 0 Å². The van der Waals surface area contributed by atoms with Crippen molar-refractivity contribution >= 4 is 23.5 Å². The summed E-state index contributed by atoms with van der Waals surface area (Å²) in [7, 11) is 0. The van der Waals surface area contributed by atoms with Gasteiger partial charge in [-0.3, -0.25) is 19.2 Å². The van der Waals surface area contributed by atoms with Crippen molar-refractivity contribution in [2.45, 2.75) is 77.6 Å². The Kier molecular flexibility index (Phi) is 3.25. The van der Waals surface area contributed by atoms with Gasteiger partial charge in [0.05, 0.1) is 11.8 Å². The first-order valence-electron chi connectivity index (χ1n) is 11.3. The van der Waals surface area contributed by atoms with Gasteiger partial charge in [0.25, 0.3) is 0 Å². The van der Waals surface area contributed by atoms with Gasteiger partial charge in [-0.1, -0.05) is 18.6 Å². The average Bonchev–Trinajstić information content (AvgIpc) is 3.16. The quantitative estimate of drug-likeness (QED) is 0.422. The number of Topliss-reactive ketones (excluding diaryl/α,β-unsaturated/α-hetero) is 2. The first-order chi connectivity index (χ1) is 14.7. The second-order valence-electron chi connectivity index (χ2n) is 11.6. The molecule has 0 aromatic carbocycles. The molecule has 2 aliphatic carbocycles. The molecule has 1 saturated carbocycles. The van der Waals surface area contributed by atoms with Gasteiger partial charge in [-0.15, -0.1) is 0 Å². The van der Waals surface area contributed by atoms with Crippen molar-refractivity contribution < 1.29 is 33.4 Å². The first kappa shape index (κ1) is 20.3. The van der Waals surface area contributed by atoms with E-state index < -0.39 is 44.8 Å². The molecule has 6 aliphatic rings. The first-order valence-corrected chi connectivity index (χ1v) is 11.3. The van der Waals surface area contributed by atoms with Crippen molar-refractivity contribution in [2.75, 3.05) is 6.61 Å². The van der Waals surface area contributed by atoms with Gasteiger partial charge in [-0.2, -0.15) is 0 Å². The highest BCUT2D eigenvalue weighted by molar-refractivity contribution is 6.28. The van der Waals surface area contributed by atoms with E-state index in [9.17, 15) is 19.2 Å². The number of ether oxygens (including phenoxy) is 3. The second-order valence-corrected chi connectivity index (χ2v) is 11.6. The molecule has 0 unspecified atom stereocenters. The smallest absolute Gasteiger partial charge is 0.323 e. The molecule has 0 radical (unpaired) electrons. The lowest BCUT2D eigenvalue weighted by atomic mass is 9.35. The zero-order valence-corrected chi connectivity index (χ0v) is 19.3. The third-order valence-electron chi connectivity index (χ3n) is 9.93. The van der Waals surface area contributed by atoms with Crippen molar-refractivity contribution in [2.24, 2.45) is 22.2 Å². The predicted octanol–water partition coefficient (Wildman–Crippen LogP) is 2.61. The summed E-state index contributed by atoms with van der Waals surface area (Å²) in [4.78, 5) is 53.8. The number of hydrogen-bond acceptors (Lipinski definition) is 7. The molecule has 4 saturated heterocycles. The topological polar surface area (TPSA) is 96.0 Å². The summed E-state index contributed by atoms with van der Waals surface area (Å²) >= 11 is 0. The summed E-state index contributed by atoms with van der Waals surface area (Å²) in [6, 6.07) is 0. The molecule has 32 heavy (non-hydrogen) atoms. The van der Waals surface area contributed by atoms with Gasteiger partial charge in [0.15, 0.2) is 22.6 Å². The molecule has 4 heterocycles. The van der Waals surface area contributed by atoms with Crippen LogP contribution in [-0.4, -0.2) is 46.9 Å². The summed E-state index contributed by atoms with van der Waals surface area (Å²) in [5.74, 6) is -1.87. The van der Waals surface area contributed by atoms with Crippen LogP contribution in [0.5, 0.6) is 0 Å². The van der Waals surface area contributed by atoms with E-state index in [4.69, 9.17) is 14.2 Å². The number of ketones is 2. The van der Waals surface area contributed by atoms with E-state index in [0.29, 0.717) is 12.8 Å². The molecule has 4 aliphatic heterocycles. The standard InChI is InChI=1S/C25H28O7/c1-12-13-9-16(26)31-20(2,3)14(13)7-8-21(4)15(12)10-22(5)17(27)23(6)18(28)25(21)19(29)30-11-24(22,25)32-23/h7,15H,8-11H2,1-6H3/t15-,21-,22-,23+,24+,25+/m0/s1. The number of allylic oxidation sites excluding steroid dienone is 2. The molecule has 7 nitrogen and oxygen atoms in total. The molecule has 7 heteroatoms. The summed E-state index contributed by atoms with van der Waals surface area (Å²) in [5.41, 5.74) is -4.45. The Morgan fingerprint density at radius 1 is 1.00 bits per heavy atom. The Morgan fingerprint density at radius 2 is 1.69 bits per heavy atom. The number of rotatable bonds is 0. The van der Waals surface area contributed by atoms with E-state index in [1.165, 1.54) is 6.92 Å². The van der Waals surface area contributed by atoms with Crippen LogP contribution in [0.1, 0.15) is 60.8 Å². The zero-order chi connectivity index (χ0) is 23.3. The van der Waals surface area contributed by atoms with Crippen LogP contribution >= 0.6 is 0 Å². The fourth-order valence-corrected chi connectivity index (χ4v) is 8.48. The summed E-state index contributed by atoms with van der Waals surface area (Å²) in [6.07, 6.45) is 3.03. The van der Waals surface area contributed by atoms with E-state index in [0.717, 1.165) is 16.7 Å². The van der Waals surface area contributed by atoms with Crippen molar-refractivity contribution in [3.8, 4) is 0 Å². The Labute approximate surface area is 186 Å². The lowest BCUT2D eigenvalue weighted by Gasteiger charge is -2.61. The number of cyclic esters (lactones) is 2. The third-order valence-corrected chi connectivity index (χ3v) is 9.93. The van der Waals surface area contributed by atoms with Crippen LogP contribution in [0.25, 0.3) is 0 Å². The molecule has 5 fully saturated rings. The minimum atomic E-state index is -1.63. The maximum atomic E-state index is 14.1. The second kappa shape index (κ2) is 5.11. The molecule has 6 atom stereocenters. The Morgan fingerprint density at radius 3 is 2.38 bits per heavy atom. The molecule has 1 spiro atoms. The highest BCUT2D eigenvalue weighted by atomic mass is 16.6. The monoisotopic (exact) mass is 440 g/mol. The van der Waals surface area contributed by atoms with E-state index in [-0.39, 0.29) is 30.7 Å². The Balaban J connectivity index is 1.68. The molecule has 0 aromatic heterocycles. The number of carbonyl (C=O) groups is 4. The fraction of sp³-hybridized carbons (Fsp3) is 0.680. The summed E-state index contributed by atoms with van der Waals surface area (Å²) in [5, 5.41) is 0.